The molecule has 0 aliphatic heterocycles. The maximum absolute atomic E-state index is 5.82. The van der Waals surface area contributed by atoms with Gasteiger partial charge in [0.05, 0.1) is 19.6 Å². The van der Waals surface area contributed by atoms with Crippen LogP contribution in [0.1, 0.15) is 26.3 Å². The molecule has 0 fully saturated rings. The fourth-order valence-electron chi connectivity index (χ4n) is 2.20. The number of likely N-dealkylation sites (N-methyl/N-ethyl adjacent to an activating group) is 1. The van der Waals surface area contributed by atoms with Gasteiger partial charge >= 0.3 is 0 Å². The highest BCUT2D eigenvalue weighted by atomic mass is 16.5. The minimum Gasteiger partial charge on any atom is -0.488 e. The minimum atomic E-state index is 0.781. The van der Waals surface area contributed by atoms with Crippen LogP contribution in [0.5, 0.6) is 5.75 Å². The maximum Gasteiger partial charge on any atom is 0.137 e. The summed E-state index contributed by atoms with van der Waals surface area (Å²) in [6.07, 6.45) is 1.84. The second-order valence-corrected chi connectivity index (χ2v) is 4.64. The number of benzene rings is 1. The maximum atomic E-state index is 5.82. The lowest BCUT2D eigenvalue weighted by atomic mass is 10.2. The average Bonchev–Trinajstić information content (AvgIpc) is 2.45. The summed E-state index contributed by atoms with van der Waals surface area (Å²) >= 11 is 0. The molecule has 0 amide bonds. The predicted octanol–water partition coefficient (Wildman–Crippen LogP) is 3.58. The zero-order chi connectivity index (χ0) is 13.4. The summed E-state index contributed by atoms with van der Waals surface area (Å²) in [7, 11) is 0. The summed E-state index contributed by atoms with van der Waals surface area (Å²) in [4.78, 5) is 0. The van der Waals surface area contributed by atoms with Gasteiger partial charge in [-0.1, -0.05) is 24.8 Å². The molecule has 18 heavy (non-hydrogen) atoms. The Bertz CT molecular complexity index is 344. The van der Waals surface area contributed by atoms with E-state index >= 15 is 0 Å². The summed E-state index contributed by atoms with van der Waals surface area (Å²) in [5, 5.41) is 0. The zero-order valence-corrected chi connectivity index (χ0v) is 12.0. The zero-order valence-electron chi connectivity index (χ0n) is 12.0. The molecule has 0 radical (unpaired) electrons. The van der Waals surface area contributed by atoms with Crippen LogP contribution in [0.25, 0.3) is 6.08 Å². The highest BCUT2D eigenvalue weighted by molar-refractivity contribution is 5.48. The van der Waals surface area contributed by atoms with Gasteiger partial charge in [-0.2, -0.15) is 0 Å². The molecule has 0 bridgehead atoms. The molecule has 0 heterocycles. The Morgan fingerprint density at radius 1 is 1.06 bits per heavy atom. The second kappa shape index (κ2) is 7.22. The topological polar surface area (TPSA) is 9.23 Å². The van der Waals surface area contributed by atoms with Crippen LogP contribution < -0.4 is 4.74 Å². The van der Waals surface area contributed by atoms with Gasteiger partial charge in [0, 0.05) is 0 Å². The smallest absolute Gasteiger partial charge is 0.137 e. The van der Waals surface area contributed by atoms with E-state index in [2.05, 4.69) is 27.4 Å². The van der Waals surface area contributed by atoms with Gasteiger partial charge in [0.1, 0.15) is 18.9 Å². The Hall–Kier alpha value is -1.28. The minimum absolute atomic E-state index is 0.781. The molecule has 0 aliphatic carbocycles. The Kier molecular flexibility index (Phi) is 5.93. The third kappa shape index (κ3) is 3.88. The molecule has 0 aromatic heterocycles. The Labute approximate surface area is 111 Å². The summed E-state index contributed by atoms with van der Waals surface area (Å²) in [5.41, 5.74) is 1.13. The highest BCUT2D eigenvalue weighted by Crippen LogP contribution is 2.13. The van der Waals surface area contributed by atoms with Crippen molar-refractivity contribution in [3.63, 3.8) is 0 Å². The van der Waals surface area contributed by atoms with Gasteiger partial charge in [0.15, 0.2) is 0 Å². The van der Waals surface area contributed by atoms with E-state index in [0.29, 0.717) is 0 Å². The third-order valence-corrected chi connectivity index (χ3v) is 3.96. The van der Waals surface area contributed by atoms with Gasteiger partial charge < -0.3 is 9.22 Å². The molecule has 2 nitrogen and oxygen atoms in total. The van der Waals surface area contributed by atoms with Crippen LogP contribution in [0.2, 0.25) is 0 Å². The molecule has 0 unspecified atom stereocenters. The van der Waals surface area contributed by atoms with Crippen molar-refractivity contribution in [2.45, 2.75) is 20.8 Å². The van der Waals surface area contributed by atoms with Crippen LogP contribution in [-0.2, 0) is 0 Å². The van der Waals surface area contributed by atoms with E-state index in [4.69, 9.17) is 4.74 Å². The summed E-state index contributed by atoms with van der Waals surface area (Å²) in [6, 6.07) is 8.08. The number of hydrogen-bond acceptors (Lipinski definition) is 1. The first-order chi connectivity index (χ1) is 8.69. The molecular weight excluding hydrogens is 222 g/mol. The Balaban J connectivity index is 2.47. The van der Waals surface area contributed by atoms with E-state index in [-0.39, 0.29) is 0 Å². The van der Waals surface area contributed by atoms with Crippen LogP contribution in [0, 0.1) is 0 Å². The summed E-state index contributed by atoms with van der Waals surface area (Å²) < 4.78 is 6.95. The lowest BCUT2D eigenvalue weighted by molar-refractivity contribution is -0.923. The van der Waals surface area contributed by atoms with Crippen molar-refractivity contribution in [1.29, 1.82) is 0 Å². The van der Waals surface area contributed by atoms with Crippen molar-refractivity contribution in [1.82, 2.24) is 0 Å². The van der Waals surface area contributed by atoms with Crippen molar-refractivity contribution in [2.24, 2.45) is 0 Å². The van der Waals surface area contributed by atoms with Crippen LogP contribution in [0.3, 0.4) is 0 Å². The number of nitrogens with zero attached hydrogens (tertiary/aromatic N) is 1. The first kappa shape index (κ1) is 14.8. The first-order valence-corrected chi connectivity index (χ1v) is 6.90. The van der Waals surface area contributed by atoms with Gasteiger partial charge in [-0.3, -0.25) is 0 Å². The van der Waals surface area contributed by atoms with Gasteiger partial charge in [-0.15, -0.1) is 0 Å². The van der Waals surface area contributed by atoms with E-state index < -0.39 is 0 Å². The molecule has 0 saturated heterocycles. The van der Waals surface area contributed by atoms with Crippen LogP contribution >= 0.6 is 0 Å². The number of hydrogen-bond donors (Lipinski definition) is 0. The van der Waals surface area contributed by atoms with Crippen LogP contribution in [0.15, 0.2) is 30.8 Å². The number of ether oxygens (including phenoxy) is 1. The molecule has 0 saturated carbocycles. The van der Waals surface area contributed by atoms with Crippen molar-refractivity contribution in [2.75, 3.05) is 32.8 Å². The lowest BCUT2D eigenvalue weighted by Gasteiger charge is -2.35. The predicted molar refractivity (Wildman–Crippen MR) is 78.8 cm³/mol. The van der Waals surface area contributed by atoms with Crippen molar-refractivity contribution < 1.29 is 9.22 Å². The highest BCUT2D eigenvalue weighted by Gasteiger charge is 2.20. The average molecular weight is 248 g/mol. The second-order valence-electron chi connectivity index (χ2n) is 4.64. The summed E-state index contributed by atoms with van der Waals surface area (Å²) in [6.45, 7) is 15.9. The quantitative estimate of drug-likeness (QED) is 0.639. The van der Waals surface area contributed by atoms with Crippen LogP contribution in [-0.4, -0.2) is 37.3 Å². The van der Waals surface area contributed by atoms with Crippen molar-refractivity contribution in [3.8, 4) is 5.75 Å². The molecule has 0 atom stereocenters. The van der Waals surface area contributed by atoms with E-state index in [1.807, 2.05) is 30.3 Å². The van der Waals surface area contributed by atoms with Gasteiger partial charge in [-0.05, 0) is 38.5 Å². The fraction of sp³-hybridized carbons (Fsp3) is 0.500. The Morgan fingerprint density at radius 2 is 1.61 bits per heavy atom. The van der Waals surface area contributed by atoms with Crippen molar-refractivity contribution >= 4 is 6.08 Å². The van der Waals surface area contributed by atoms with E-state index in [1.54, 1.807) is 0 Å². The van der Waals surface area contributed by atoms with Gasteiger partial charge in [-0.25, -0.2) is 0 Å². The van der Waals surface area contributed by atoms with Crippen molar-refractivity contribution in [3.05, 3.63) is 36.4 Å². The van der Waals surface area contributed by atoms with E-state index in [1.165, 1.54) is 19.6 Å². The molecule has 100 valence electrons. The largest absolute Gasteiger partial charge is 0.488 e. The van der Waals surface area contributed by atoms with Gasteiger partial charge in [0.2, 0.25) is 0 Å². The monoisotopic (exact) mass is 248 g/mol. The lowest BCUT2D eigenvalue weighted by Crippen LogP contribution is -2.49. The van der Waals surface area contributed by atoms with E-state index in [0.717, 1.165) is 28.9 Å². The molecule has 0 N–H and O–H groups in total. The molecule has 0 spiro atoms. The standard InChI is InChI=1S/C16H26NO/c1-5-15-9-11-16(12-10-15)18-14-13-17(6-2,7-3)8-4/h5,9-12H,1,6-8,13-14H2,2-4H3/q+1. The normalized spacial score (nSPS) is 11.3. The third-order valence-electron chi connectivity index (χ3n) is 3.96. The molecule has 2 heteroatoms. The fourth-order valence-corrected chi connectivity index (χ4v) is 2.20. The number of rotatable bonds is 8. The molecule has 1 rings (SSSR count). The number of quaternary nitrogens is 1. The van der Waals surface area contributed by atoms with Crippen LogP contribution in [0.4, 0.5) is 0 Å². The molecular formula is C16H26NO+. The van der Waals surface area contributed by atoms with E-state index in [9.17, 15) is 0 Å². The first-order valence-electron chi connectivity index (χ1n) is 6.90. The molecule has 0 aliphatic rings. The molecule has 1 aromatic rings. The van der Waals surface area contributed by atoms with Gasteiger partial charge in [0.25, 0.3) is 0 Å². The molecule has 1 aromatic carbocycles. The SMILES string of the molecule is C=Cc1ccc(OCC[N+](CC)(CC)CC)cc1. The summed E-state index contributed by atoms with van der Waals surface area (Å²) in [5.74, 6) is 0.946. The Morgan fingerprint density at radius 3 is 2.06 bits per heavy atom.